The maximum absolute atomic E-state index is 11.9. The van der Waals surface area contributed by atoms with E-state index in [0.717, 1.165) is 3.57 Å². The molecule has 0 radical (unpaired) electrons. The molecule has 0 spiro atoms. The standard InChI is InChI=1S/C11H11ClINO2/c12-9-3-8(1-2-10(9)13)11(16)14-4-7(5-14)6-15/h1-3,7,15H,4-6H2. The summed E-state index contributed by atoms with van der Waals surface area (Å²) in [5.41, 5.74) is 0.613. The van der Waals surface area contributed by atoms with Crippen LogP contribution in [0.25, 0.3) is 0 Å². The van der Waals surface area contributed by atoms with Crippen molar-refractivity contribution < 1.29 is 9.90 Å². The van der Waals surface area contributed by atoms with Crippen molar-refractivity contribution in [2.45, 2.75) is 0 Å². The van der Waals surface area contributed by atoms with E-state index in [0.29, 0.717) is 23.7 Å². The van der Waals surface area contributed by atoms with Crippen molar-refractivity contribution in [1.82, 2.24) is 4.90 Å². The van der Waals surface area contributed by atoms with Crippen molar-refractivity contribution in [2.75, 3.05) is 19.7 Å². The molecule has 1 aromatic carbocycles. The summed E-state index contributed by atoms with van der Waals surface area (Å²) in [4.78, 5) is 13.7. The average Bonchev–Trinajstić information content (AvgIpc) is 2.20. The number of hydrogen-bond donors (Lipinski definition) is 1. The zero-order valence-corrected chi connectivity index (χ0v) is 11.4. The van der Waals surface area contributed by atoms with Crippen LogP contribution in [0.4, 0.5) is 0 Å². The van der Waals surface area contributed by atoms with Crippen molar-refractivity contribution in [3.8, 4) is 0 Å². The fourth-order valence-electron chi connectivity index (χ4n) is 1.66. The van der Waals surface area contributed by atoms with Gasteiger partial charge in [-0.05, 0) is 40.8 Å². The van der Waals surface area contributed by atoms with Gasteiger partial charge in [0.2, 0.25) is 0 Å². The molecule has 0 saturated carbocycles. The molecule has 1 aliphatic heterocycles. The molecule has 1 aromatic rings. The van der Waals surface area contributed by atoms with Gasteiger partial charge < -0.3 is 10.0 Å². The molecular weight excluding hydrogens is 340 g/mol. The van der Waals surface area contributed by atoms with Gasteiger partial charge >= 0.3 is 0 Å². The average molecular weight is 352 g/mol. The minimum atomic E-state index is -0.0111. The molecule has 0 aliphatic carbocycles. The van der Waals surface area contributed by atoms with Crippen LogP contribution < -0.4 is 0 Å². The molecule has 2 rings (SSSR count). The lowest BCUT2D eigenvalue weighted by Crippen LogP contribution is -2.51. The minimum absolute atomic E-state index is 0.0111. The van der Waals surface area contributed by atoms with Gasteiger partial charge in [-0.1, -0.05) is 11.6 Å². The molecule has 3 nitrogen and oxygen atoms in total. The molecule has 1 fully saturated rings. The van der Waals surface area contributed by atoms with Gasteiger partial charge in [0.05, 0.1) is 5.02 Å². The van der Waals surface area contributed by atoms with E-state index in [1.807, 2.05) is 6.07 Å². The number of aliphatic hydroxyl groups is 1. The second-order valence-electron chi connectivity index (χ2n) is 3.89. The molecule has 86 valence electrons. The van der Waals surface area contributed by atoms with Crippen LogP contribution in [0, 0.1) is 9.49 Å². The van der Waals surface area contributed by atoms with Crippen molar-refractivity contribution in [1.29, 1.82) is 0 Å². The third-order valence-corrected chi connectivity index (χ3v) is 4.24. The van der Waals surface area contributed by atoms with Gasteiger partial charge in [-0.25, -0.2) is 0 Å². The number of carbonyl (C=O) groups is 1. The van der Waals surface area contributed by atoms with E-state index in [4.69, 9.17) is 16.7 Å². The Morgan fingerprint density at radius 2 is 2.25 bits per heavy atom. The van der Waals surface area contributed by atoms with Crippen molar-refractivity contribution in [3.63, 3.8) is 0 Å². The van der Waals surface area contributed by atoms with E-state index >= 15 is 0 Å². The number of nitrogens with zero attached hydrogens (tertiary/aromatic N) is 1. The predicted octanol–water partition coefficient (Wildman–Crippen LogP) is 2.01. The topological polar surface area (TPSA) is 40.5 Å². The van der Waals surface area contributed by atoms with E-state index < -0.39 is 0 Å². The Morgan fingerprint density at radius 3 is 2.81 bits per heavy atom. The largest absolute Gasteiger partial charge is 0.396 e. The molecule has 0 unspecified atom stereocenters. The first-order valence-corrected chi connectivity index (χ1v) is 6.42. The van der Waals surface area contributed by atoms with Gasteiger partial charge in [0.15, 0.2) is 0 Å². The van der Waals surface area contributed by atoms with Crippen molar-refractivity contribution in [3.05, 3.63) is 32.4 Å². The number of carbonyl (C=O) groups excluding carboxylic acids is 1. The number of hydrogen-bond acceptors (Lipinski definition) is 2. The summed E-state index contributed by atoms with van der Waals surface area (Å²) < 4.78 is 0.938. The van der Waals surface area contributed by atoms with E-state index in [2.05, 4.69) is 22.6 Å². The SMILES string of the molecule is O=C(c1ccc(I)c(Cl)c1)N1CC(CO)C1. The third kappa shape index (κ3) is 2.33. The summed E-state index contributed by atoms with van der Waals surface area (Å²) in [6, 6.07) is 5.31. The second kappa shape index (κ2) is 4.89. The number of amides is 1. The quantitative estimate of drug-likeness (QED) is 0.828. The van der Waals surface area contributed by atoms with Gasteiger partial charge in [0.25, 0.3) is 5.91 Å². The third-order valence-electron chi connectivity index (χ3n) is 2.67. The zero-order chi connectivity index (χ0) is 11.7. The van der Waals surface area contributed by atoms with Gasteiger partial charge in [-0.15, -0.1) is 0 Å². The van der Waals surface area contributed by atoms with Crippen LogP contribution in [-0.2, 0) is 0 Å². The Morgan fingerprint density at radius 1 is 1.56 bits per heavy atom. The molecule has 0 aromatic heterocycles. The summed E-state index contributed by atoms with van der Waals surface area (Å²) in [6.07, 6.45) is 0. The molecule has 16 heavy (non-hydrogen) atoms. The van der Waals surface area contributed by atoms with Gasteiger partial charge in [-0.2, -0.15) is 0 Å². The fourth-order valence-corrected chi connectivity index (χ4v) is 2.18. The normalized spacial score (nSPS) is 16.1. The summed E-state index contributed by atoms with van der Waals surface area (Å²) in [5.74, 6) is 0.228. The fraction of sp³-hybridized carbons (Fsp3) is 0.364. The number of aliphatic hydroxyl groups excluding tert-OH is 1. The first kappa shape index (κ1) is 12.1. The maximum Gasteiger partial charge on any atom is 0.253 e. The molecule has 5 heteroatoms. The summed E-state index contributed by atoms with van der Waals surface area (Å²) in [5, 5.41) is 9.48. The zero-order valence-electron chi connectivity index (χ0n) is 8.49. The van der Waals surface area contributed by atoms with Crippen LogP contribution in [0.2, 0.25) is 5.02 Å². The lowest BCUT2D eigenvalue weighted by atomic mass is 10.00. The summed E-state index contributed by atoms with van der Waals surface area (Å²) in [6.45, 7) is 1.43. The van der Waals surface area contributed by atoms with Crippen molar-refractivity contribution >= 4 is 40.1 Å². The van der Waals surface area contributed by atoms with Crippen LogP contribution >= 0.6 is 34.2 Å². The van der Waals surface area contributed by atoms with Gasteiger partial charge in [-0.3, -0.25) is 4.79 Å². The van der Waals surface area contributed by atoms with E-state index in [9.17, 15) is 4.79 Å². The smallest absolute Gasteiger partial charge is 0.253 e. The highest BCUT2D eigenvalue weighted by atomic mass is 127. The molecular formula is C11H11ClINO2. The van der Waals surface area contributed by atoms with Crippen molar-refractivity contribution in [2.24, 2.45) is 5.92 Å². The highest BCUT2D eigenvalue weighted by Gasteiger charge is 2.30. The predicted molar refractivity (Wildman–Crippen MR) is 70.6 cm³/mol. The lowest BCUT2D eigenvalue weighted by Gasteiger charge is -2.38. The number of halogens is 2. The molecule has 1 aliphatic rings. The molecule has 1 N–H and O–H groups in total. The second-order valence-corrected chi connectivity index (χ2v) is 5.46. The summed E-state index contributed by atoms with van der Waals surface area (Å²) in [7, 11) is 0. The maximum atomic E-state index is 11.9. The molecule has 0 bridgehead atoms. The Bertz CT molecular complexity index is 418. The van der Waals surface area contributed by atoms with Crippen LogP contribution in [0.1, 0.15) is 10.4 Å². The monoisotopic (exact) mass is 351 g/mol. The molecule has 0 atom stereocenters. The molecule has 1 heterocycles. The van der Waals surface area contributed by atoms with E-state index in [1.54, 1.807) is 17.0 Å². The van der Waals surface area contributed by atoms with Gasteiger partial charge in [0.1, 0.15) is 0 Å². The van der Waals surface area contributed by atoms with Crippen LogP contribution in [0.15, 0.2) is 18.2 Å². The Kier molecular flexibility index (Phi) is 3.71. The van der Waals surface area contributed by atoms with Gasteiger partial charge in [0, 0.05) is 34.7 Å². The molecule has 1 saturated heterocycles. The Labute approximate surface area is 113 Å². The Hall–Kier alpha value is -0.330. The van der Waals surface area contributed by atoms with E-state index in [-0.39, 0.29) is 18.4 Å². The highest BCUT2D eigenvalue weighted by Crippen LogP contribution is 2.23. The first-order valence-electron chi connectivity index (χ1n) is 4.97. The number of benzene rings is 1. The van der Waals surface area contributed by atoms with E-state index in [1.165, 1.54) is 0 Å². The van der Waals surface area contributed by atoms with Crippen LogP contribution in [0.3, 0.4) is 0 Å². The molecule has 1 amide bonds. The summed E-state index contributed by atoms with van der Waals surface area (Å²) >= 11 is 8.09. The van der Waals surface area contributed by atoms with Crippen LogP contribution in [0.5, 0.6) is 0 Å². The number of rotatable bonds is 2. The Balaban J connectivity index is 2.07. The van der Waals surface area contributed by atoms with Crippen LogP contribution in [-0.4, -0.2) is 35.6 Å². The first-order chi connectivity index (χ1) is 7.61. The highest BCUT2D eigenvalue weighted by molar-refractivity contribution is 14.1. The lowest BCUT2D eigenvalue weighted by molar-refractivity contribution is 0.0362. The number of likely N-dealkylation sites (tertiary alicyclic amines) is 1. The minimum Gasteiger partial charge on any atom is -0.396 e.